The lowest BCUT2D eigenvalue weighted by molar-refractivity contribution is 0.0297. The Morgan fingerprint density at radius 1 is 1.20 bits per heavy atom. The molecule has 0 aromatic rings. The van der Waals surface area contributed by atoms with Crippen molar-refractivity contribution in [2.24, 2.45) is 5.41 Å². The molecule has 0 amide bonds. The Morgan fingerprint density at radius 2 is 1.87 bits per heavy atom. The standard InChI is InChI=1S/C13H25NO/c1-10(2)14-12-9-11(15)5-8-13(12)6-3-4-7-13/h10-12,14-15H,3-9H2,1-2H3. The van der Waals surface area contributed by atoms with Gasteiger partial charge < -0.3 is 10.4 Å². The first-order valence-corrected chi connectivity index (χ1v) is 6.56. The van der Waals surface area contributed by atoms with E-state index in [1.54, 1.807) is 0 Å². The van der Waals surface area contributed by atoms with Crippen molar-refractivity contribution in [3.05, 3.63) is 0 Å². The van der Waals surface area contributed by atoms with Gasteiger partial charge in [-0.3, -0.25) is 0 Å². The van der Waals surface area contributed by atoms with Crippen molar-refractivity contribution in [1.29, 1.82) is 0 Å². The molecule has 2 nitrogen and oxygen atoms in total. The molecule has 2 aliphatic rings. The molecule has 88 valence electrons. The predicted molar refractivity (Wildman–Crippen MR) is 62.8 cm³/mol. The molecule has 15 heavy (non-hydrogen) atoms. The molecule has 0 aliphatic heterocycles. The second-order valence-corrected chi connectivity index (χ2v) is 5.87. The van der Waals surface area contributed by atoms with E-state index in [0.717, 1.165) is 12.8 Å². The third kappa shape index (κ3) is 2.36. The smallest absolute Gasteiger partial charge is 0.0555 e. The molecule has 0 aromatic carbocycles. The molecule has 0 heterocycles. The molecule has 2 rings (SSSR count). The lowest BCUT2D eigenvalue weighted by atomic mass is 9.68. The van der Waals surface area contributed by atoms with Crippen molar-refractivity contribution in [3.63, 3.8) is 0 Å². The van der Waals surface area contributed by atoms with E-state index in [9.17, 15) is 5.11 Å². The highest BCUT2D eigenvalue weighted by atomic mass is 16.3. The number of rotatable bonds is 2. The van der Waals surface area contributed by atoms with Gasteiger partial charge in [0.05, 0.1) is 6.10 Å². The van der Waals surface area contributed by atoms with Gasteiger partial charge in [-0.1, -0.05) is 26.7 Å². The number of aliphatic hydroxyl groups excluding tert-OH is 1. The highest BCUT2D eigenvalue weighted by Crippen LogP contribution is 2.49. The van der Waals surface area contributed by atoms with Gasteiger partial charge in [0.1, 0.15) is 0 Å². The van der Waals surface area contributed by atoms with Gasteiger partial charge in [-0.15, -0.1) is 0 Å². The van der Waals surface area contributed by atoms with Crippen LogP contribution in [0, 0.1) is 5.41 Å². The van der Waals surface area contributed by atoms with Crippen LogP contribution in [-0.2, 0) is 0 Å². The van der Waals surface area contributed by atoms with Crippen molar-refractivity contribution in [3.8, 4) is 0 Å². The van der Waals surface area contributed by atoms with Crippen molar-refractivity contribution in [1.82, 2.24) is 5.32 Å². The minimum absolute atomic E-state index is 0.0625. The quantitative estimate of drug-likeness (QED) is 0.735. The van der Waals surface area contributed by atoms with Crippen LogP contribution < -0.4 is 5.32 Å². The molecule has 0 aromatic heterocycles. The first-order chi connectivity index (χ1) is 7.12. The van der Waals surface area contributed by atoms with Crippen molar-refractivity contribution >= 4 is 0 Å². The fourth-order valence-corrected chi connectivity index (χ4v) is 3.59. The van der Waals surface area contributed by atoms with Gasteiger partial charge in [0, 0.05) is 12.1 Å². The summed E-state index contributed by atoms with van der Waals surface area (Å²) in [4.78, 5) is 0. The van der Waals surface area contributed by atoms with Crippen LogP contribution in [0.5, 0.6) is 0 Å². The number of hydrogen-bond donors (Lipinski definition) is 2. The predicted octanol–water partition coefficient (Wildman–Crippen LogP) is 2.46. The van der Waals surface area contributed by atoms with Crippen LogP contribution in [0.4, 0.5) is 0 Å². The van der Waals surface area contributed by atoms with Crippen molar-refractivity contribution in [2.75, 3.05) is 0 Å². The summed E-state index contributed by atoms with van der Waals surface area (Å²) in [5.41, 5.74) is 0.531. The molecule has 0 saturated heterocycles. The number of aliphatic hydroxyl groups is 1. The van der Waals surface area contributed by atoms with E-state index in [-0.39, 0.29) is 6.10 Å². The fourth-order valence-electron chi connectivity index (χ4n) is 3.59. The van der Waals surface area contributed by atoms with Gasteiger partial charge in [0.2, 0.25) is 0 Å². The Labute approximate surface area is 93.5 Å². The topological polar surface area (TPSA) is 32.3 Å². The zero-order valence-corrected chi connectivity index (χ0v) is 10.1. The van der Waals surface area contributed by atoms with Crippen LogP contribution in [0.3, 0.4) is 0 Å². The van der Waals surface area contributed by atoms with Crippen molar-refractivity contribution in [2.45, 2.75) is 77.0 Å². The summed E-state index contributed by atoms with van der Waals surface area (Å²) in [6.45, 7) is 4.42. The average molecular weight is 211 g/mol. The molecular formula is C13H25NO. The normalized spacial score (nSPS) is 35.2. The Morgan fingerprint density at radius 3 is 2.47 bits per heavy atom. The maximum absolute atomic E-state index is 9.80. The summed E-state index contributed by atoms with van der Waals surface area (Å²) in [6, 6.07) is 1.10. The Hall–Kier alpha value is -0.0800. The molecule has 2 atom stereocenters. The van der Waals surface area contributed by atoms with Crippen LogP contribution in [0.1, 0.15) is 58.8 Å². The van der Waals surface area contributed by atoms with Gasteiger partial charge in [0.25, 0.3) is 0 Å². The Kier molecular flexibility index (Phi) is 3.36. The van der Waals surface area contributed by atoms with E-state index >= 15 is 0 Å². The monoisotopic (exact) mass is 211 g/mol. The summed E-state index contributed by atoms with van der Waals surface area (Å²) in [5.74, 6) is 0. The third-order valence-corrected chi connectivity index (χ3v) is 4.36. The molecule has 2 saturated carbocycles. The third-order valence-electron chi connectivity index (χ3n) is 4.36. The highest BCUT2D eigenvalue weighted by Gasteiger charge is 2.44. The van der Waals surface area contributed by atoms with E-state index < -0.39 is 0 Å². The molecular weight excluding hydrogens is 186 g/mol. The summed E-state index contributed by atoms with van der Waals surface area (Å²) < 4.78 is 0. The van der Waals surface area contributed by atoms with Gasteiger partial charge in [0.15, 0.2) is 0 Å². The maximum Gasteiger partial charge on any atom is 0.0555 e. The van der Waals surface area contributed by atoms with Crippen LogP contribution in [0.2, 0.25) is 0 Å². The van der Waals surface area contributed by atoms with Gasteiger partial charge in [-0.05, 0) is 37.5 Å². The van der Waals surface area contributed by atoms with Gasteiger partial charge in [-0.25, -0.2) is 0 Å². The lowest BCUT2D eigenvalue weighted by Crippen LogP contribution is -2.51. The summed E-state index contributed by atoms with van der Waals surface area (Å²) in [5, 5.41) is 13.5. The van der Waals surface area contributed by atoms with E-state index in [4.69, 9.17) is 0 Å². The highest BCUT2D eigenvalue weighted by molar-refractivity contribution is 4.99. The fraction of sp³-hybridized carbons (Fsp3) is 1.00. The zero-order valence-electron chi connectivity index (χ0n) is 10.1. The second kappa shape index (κ2) is 4.42. The first kappa shape index (κ1) is 11.4. The van der Waals surface area contributed by atoms with Crippen LogP contribution >= 0.6 is 0 Å². The van der Waals surface area contributed by atoms with E-state index in [2.05, 4.69) is 19.2 Å². The zero-order chi connectivity index (χ0) is 10.9. The number of nitrogens with one attached hydrogen (secondary N) is 1. The Balaban J connectivity index is 2.06. The SMILES string of the molecule is CC(C)NC1CC(O)CCC12CCCC2. The Bertz CT molecular complexity index is 207. The van der Waals surface area contributed by atoms with Crippen LogP contribution in [0.25, 0.3) is 0 Å². The van der Waals surface area contributed by atoms with Crippen LogP contribution in [-0.4, -0.2) is 23.3 Å². The summed E-state index contributed by atoms with van der Waals surface area (Å²) in [7, 11) is 0. The molecule has 0 radical (unpaired) electrons. The van der Waals surface area contributed by atoms with E-state index in [1.807, 2.05) is 0 Å². The molecule has 2 aliphatic carbocycles. The van der Waals surface area contributed by atoms with Crippen molar-refractivity contribution < 1.29 is 5.11 Å². The largest absolute Gasteiger partial charge is 0.393 e. The molecule has 2 N–H and O–H groups in total. The van der Waals surface area contributed by atoms with Gasteiger partial charge in [-0.2, -0.15) is 0 Å². The summed E-state index contributed by atoms with van der Waals surface area (Å²) >= 11 is 0. The summed E-state index contributed by atoms with van der Waals surface area (Å²) in [6.07, 6.45) is 8.72. The first-order valence-electron chi connectivity index (χ1n) is 6.56. The molecule has 2 heteroatoms. The van der Waals surface area contributed by atoms with E-state index in [1.165, 1.54) is 32.1 Å². The molecule has 2 unspecified atom stereocenters. The number of hydrogen-bond acceptors (Lipinski definition) is 2. The molecule has 2 fully saturated rings. The maximum atomic E-state index is 9.80. The van der Waals surface area contributed by atoms with Gasteiger partial charge >= 0.3 is 0 Å². The van der Waals surface area contributed by atoms with E-state index in [0.29, 0.717) is 17.5 Å². The molecule has 1 spiro atoms. The minimum atomic E-state index is -0.0625. The van der Waals surface area contributed by atoms with Crippen LogP contribution in [0.15, 0.2) is 0 Å². The molecule has 0 bridgehead atoms. The lowest BCUT2D eigenvalue weighted by Gasteiger charge is -2.44. The average Bonchev–Trinajstić information content (AvgIpc) is 2.61. The minimum Gasteiger partial charge on any atom is -0.393 e. The second-order valence-electron chi connectivity index (χ2n) is 5.87.